The minimum absolute atomic E-state index is 0.154. The predicted octanol–water partition coefficient (Wildman–Crippen LogP) is 2.55. The van der Waals surface area contributed by atoms with Crippen LogP contribution in [-0.4, -0.2) is 10.8 Å². The molecule has 1 aliphatic rings. The van der Waals surface area contributed by atoms with Gasteiger partial charge in [0.1, 0.15) is 0 Å². The van der Waals surface area contributed by atoms with Crippen LogP contribution >= 0.6 is 23.2 Å². The summed E-state index contributed by atoms with van der Waals surface area (Å²) in [5.41, 5.74) is 0. The summed E-state index contributed by atoms with van der Waals surface area (Å²) in [4.78, 5) is 0. The van der Waals surface area contributed by atoms with Crippen molar-refractivity contribution in [2.45, 2.75) is 23.6 Å². The molecule has 0 unspecified atom stereocenters. The Bertz CT molecular complexity index is 86.7. The Labute approximate surface area is 59.5 Å². The van der Waals surface area contributed by atoms with Crippen molar-refractivity contribution in [3.63, 3.8) is 0 Å². The van der Waals surface area contributed by atoms with Gasteiger partial charge >= 0.3 is 0 Å². The molecule has 2 atom stereocenters. The van der Waals surface area contributed by atoms with Gasteiger partial charge < -0.3 is 0 Å². The molecule has 0 aromatic rings. The Morgan fingerprint density at radius 2 is 1.38 bits per heavy atom. The zero-order chi connectivity index (χ0) is 5.98. The second kappa shape index (κ2) is 2.75. The molecule has 46 valence electrons. The number of alkyl halides is 2. The first-order chi connectivity index (χ1) is 3.80. The molecule has 2 heteroatoms. The van der Waals surface area contributed by atoms with Gasteiger partial charge in [-0.1, -0.05) is 12.2 Å². The Kier molecular flexibility index (Phi) is 2.21. The molecule has 0 spiro atoms. The lowest BCUT2D eigenvalue weighted by molar-refractivity contribution is 0.749. The van der Waals surface area contributed by atoms with Crippen molar-refractivity contribution in [3.05, 3.63) is 12.2 Å². The molecule has 0 aromatic heterocycles. The van der Waals surface area contributed by atoms with Gasteiger partial charge in [0, 0.05) is 0 Å². The van der Waals surface area contributed by atoms with E-state index in [1.165, 1.54) is 0 Å². The highest BCUT2D eigenvalue weighted by molar-refractivity contribution is 6.30. The van der Waals surface area contributed by atoms with Gasteiger partial charge in [-0.15, -0.1) is 23.2 Å². The fraction of sp³-hybridized carbons (Fsp3) is 0.667. The van der Waals surface area contributed by atoms with E-state index in [9.17, 15) is 0 Å². The Balaban J connectivity index is 2.44. The standard InChI is InChI=1S/C6H8Cl2/c7-5-3-1-2-4-6(5)8/h1-2,5-6H,3-4H2/t5-,6+. The van der Waals surface area contributed by atoms with Gasteiger partial charge in [-0.05, 0) is 12.8 Å². The maximum absolute atomic E-state index is 5.78. The van der Waals surface area contributed by atoms with Crippen LogP contribution < -0.4 is 0 Å². The van der Waals surface area contributed by atoms with Crippen molar-refractivity contribution in [1.29, 1.82) is 0 Å². The molecule has 1 rings (SSSR count). The molecule has 0 radical (unpaired) electrons. The molecular weight excluding hydrogens is 143 g/mol. The molecule has 0 fully saturated rings. The number of halogens is 2. The minimum Gasteiger partial charge on any atom is -0.121 e. The first kappa shape index (κ1) is 6.44. The van der Waals surface area contributed by atoms with Crippen LogP contribution in [0.5, 0.6) is 0 Å². The predicted molar refractivity (Wildman–Crippen MR) is 37.7 cm³/mol. The van der Waals surface area contributed by atoms with Crippen LogP contribution in [0.25, 0.3) is 0 Å². The number of hydrogen-bond acceptors (Lipinski definition) is 0. The van der Waals surface area contributed by atoms with Crippen LogP contribution in [0.3, 0.4) is 0 Å². The molecule has 0 aliphatic heterocycles. The second-order valence-electron chi connectivity index (χ2n) is 1.97. The molecule has 0 aromatic carbocycles. The lowest BCUT2D eigenvalue weighted by Crippen LogP contribution is -2.15. The van der Waals surface area contributed by atoms with Gasteiger partial charge in [0.25, 0.3) is 0 Å². The summed E-state index contributed by atoms with van der Waals surface area (Å²) in [7, 11) is 0. The van der Waals surface area contributed by atoms with E-state index >= 15 is 0 Å². The third-order valence-corrected chi connectivity index (χ3v) is 2.38. The van der Waals surface area contributed by atoms with E-state index in [0.717, 1.165) is 12.8 Å². The Hall–Kier alpha value is 0.320. The average molecular weight is 151 g/mol. The van der Waals surface area contributed by atoms with Crippen molar-refractivity contribution in [2.24, 2.45) is 0 Å². The first-order valence-electron chi connectivity index (χ1n) is 2.74. The van der Waals surface area contributed by atoms with Gasteiger partial charge in [0.2, 0.25) is 0 Å². The van der Waals surface area contributed by atoms with E-state index in [4.69, 9.17) is 23.2 Å². The van der Waals surface area contributed by atoms with Crippen LogP contribution in [0.1, 0.15) is 12.8 Å². The number of allylic oxidation sites excluding steroid dienone is 2. The molecule has 1 aliphatic carbocycles. The van der Waals surface area contributed by atoms with Crippen molar-refractivity contribution >= 4 is 23.2 Å². The van der Waals surface area contributed by atoms with E-state index in [2.05, 4.69) is 12.2 Å². The summed E-state index contributed by atoms with van der Waals surface area (Å²) in [5.74, 6) is 0. The summed E-state index contributed by atoms with van der Waals surface area (Å²) in [6, 6.07) is 0. The smallest absolute Gasteiger partial charge is 0.0537 e. The van der Waals surface area contributed by atoms with Crippen LogP contribution in [0.4, 0.5) is 0 Å². The third kappa shape index (κ3) is 1.40. The van der Waals surface area contributed by atoms with Crippen molar-refractivity contribution in [2.75, 3.05) is 0 Å². The molecule has 0 bridgehead atoms. The first-order valence-corrected chi connectivity index (χ1v) is 3.61. The fourth-order valence-electron chi connectivity index (χ4n) is 0.748. The largest absolute Gasteiger partial charge is 0.121 e. The zero-order valence-electron chi connectivity index (χ0n) is 4.48. The molecule has 0 N–H and O–H groups in total. The maximum Gasteiger partial charge on any atom is 0.0537 e. The van der Waals surface area contributed by atoms with E-state index in [1.807, 2.05) is 0 Å². The summed E-state index contributed by atoms with van der Waals surface area (Å²) < 4.78 is 0. The molecule has 8 heavy (non-hydrogen) atoms. The highest BCUT2D eigenvalue weighted by Gasteiger charge is 2.16. The highest BCUT2D eigenvalue weighted by Crippen LogP contribution is 2.21. The van der Waals surface area contributed by atoms with Gasteiger partial charge in [0.15, 0.2) is 0 Å². The molecule has 0 amide bonds. The molecule has 0 saturated carbocycles. The quantitative estimate of drug-likeness (QED) is 0.368. The van der Waals surface area contributed by atoms with Crippen molar-refractivity contribution in [1.82, 2.24) is 0 Å². The van der Waals surface area contributed by atoms with E-state index in [0.29, 0.717) is 0 Å². The maximum atomic E-state index is 5.78. The van der Waals surface area contributed by atoms with Gasteiger partial charge in [-0.2, -0.15) is 0 Å². The van der Waals surface area contributed by atoms with Crippen molar-refractivity contribution < 1.29 is 0 Å². The zero-order valence-corrected chi connectivity index (χ0v) is 5.99. The Morgan fingerprint density at radius 1 is 1.00 bits per heavy atom. The van der Waals surface area contributed by atoms with Crippen LogP contribution in [0.2, 0.25) is 0 Å². The molecular formula is C6H8Cl2. The lowest BCUT2D eigenvalue weighted by atomic mass is 10.1. The SMILES string of the molecule is Cl[C@@H]1CC=CC[C@@H]1Cl. The lowest BCUT2D eigenvalue weighted by Gasteiger charge is -2.15. The van der Waals surface area contributed by atoms with Crippen LogP contribution in [0, 0.1) is 0 Å². The van der Waals surface area contributed by atoms with Crippen LogP contribution in [0.15, 0.2) is 12.2 Å². The highest BCUT2D eigenvalue weighted by atomic mass is 35.5. The molecule has 0 nitrogen and oxygen atoms in total. The van der Waals surface area contributed by atoms with E-state index < -0.39 is 0 Å². The summed E-state index contributed by atoms with van der Waals surface area (Å²) in [5, 5.41) is 0.309. The minimum atomic E-state index is 0.154. The third-order valence-electron chi connectivity index (χ3n) is 1.28. The van der Waals surface area contributed by atoms with Gasteiger partial charge in [-0.3, -0.25) is 0 Å². The topological polar surface area (TPSA) is 0 Å². The molecule has 0 heterocycles. The summed E-state index contributed by atoms with van der Waals surface area (Å²) in [6.07, 6.45) is 6.01. The normalized spacial score (nSPS) is 37.8. The van der Waals surface area contributed by atoms with Crippen molar-refractivity contribution in [3.8, 4) is 0 Å². The average Bonchev–Trinajstić information content (AvgIpc) is 1.77. The summed E-state index contributed by atoms with van der Waals surface area (Å²) >= 11 is 11.6. The Morgan fingerprint density at radius 3 is 1.62 bits per heavy atom. The van der Waals surface area contributed by atoms with Gasteiger partial charge in [0.05, 0.1) is 10.8 Å². The summed E-state index contributed by atoms with van der Waals surface area (Å²) in [6.45, 7) is 0. The monoisotopic (exact) mass is 150 g/mol. The van der Waals surface area contributed by atoms with E-state index in [1.54, 1.807) is 0 Å². The second-order valence-corrected chi connectivity index (χ2v) is 3.10. The number of rotatable bonds is 0. The number of hydrogen-bond donors (Lipinski definition) is 0. The van der Waals surface area contributed by atoms with Gasteiger partial charge in [-0.25, -0.2) is 0 Å². The van der Waals surface area contributed by atoms with E-state index in [-0.39, 0.29) is 10.8 Å². The molecule has 0 saturated heterocycles. The fourth-order valence-corrected chi connectivity index (χ4v) is 1.16. The van der Waals surface area contributed by atoms with Crippen LogP contribution in [-0.2, 0) is 0 Å².